The number of rotatable bonds is 4. The number of carboxylic acids is 2. The van der Waals surface area contributed by atoms with E-state index in [1.165, 1.54) is 0 Å². The molecular formula is C18H23NO4S. The summed E-state index contributed by atoms with van der Waals surface area (Å²) in [5.74, 6) is -0.695. The molecule has 2 fully saturated rings. The van der Waals surface area contributed by atoms with E-state index >= 15 is 0 Å². The quantitative estimate of drug-likeness (QED) is 0.775. The van der Waals surface area contributed by atoms with Gasteiger partial charge in [-0.15, -0.1) is 11.8 Å². The summed E-state index contributed by atoms with van der Waals surface area (Å²) >= 11 is 1.65. The summed E-state index contributed by atoms with van der Waals surface area (Å²) in [4.78, 5) is 23.5. The second-order valence-electron chi connectivity index (χ2n) is 6.91. The van der Waals surface area contributed by atoms with Crippen LogP contribution in [0.1, 0.15) is 41.6 Å². The van der Waals surface area contributed by atoms with Crippen molar-refractivity contribution in [2.75, 3.05) is 6.54 Å². The first-order valence-electron chi connectivity index (χ1n) is 8.41. The predicted octanol–water partition coefficient (Wildman–Crippen LogP) is 3.02. The molecule has 5 nitrogen and oxygen atoms in total. The van der Waals surface area contributed by atoms with Gasteiger partial charge in [-0.1, -0.05) is 6.07 Å². The molecule has 0 bridgehead atoms. The van der Waals surface area contributed by atoms with Crippen LogP contribution >= 0.6 is 11.8 Å². The molecule has 24 heavy (non-hydrogen) atoms. The highest BCUT2D eigenvalue weighted by molar-refractivity contribution is 8.00. The lowest BCUT2D eigenvalue weighted by Crippen LogP contribution is -2.49. The van der Waals surface area contributed by atoms with Gasteiger partial charge in [0, 0.05) is 10.1 Å². The van der Waals surface area contributed by atoms with Crippen molar-refractivity contribution in [3.63, 3.8) is 0 Å². The number of fused-ring (bicyclic) bond motifs is 1. The van der Waals surface area contributed by atoms with Gasteiger partial charge < -0.3 is 15.5 Å². The number of piperidine rings is 1. The molecule has 0 amide bonds. The molecule has 1 aromatic carbocycles. The molecule has 1 aromatic rings. The van der Waals surface area contributed by atoms with Crippen LogP contribution in [0.3, 0.4) is 0 Å². The van der Waals surface area contributed by atoms with Crippen LogP contribution in [0.25, 0.3) is 0 Å². The predicted molar refractivity (Wildman–Crippen MR) is 92.7 cm³/mol. The molecule has 2 unspecified atom stereocenters. The van der Waals surface area contributed by atoms with Gasteiger partial charge in [0.05, 0.1) is 5.56 Å². The molecule has 3 rings (SSSR count). The lowest BCUT2D eigenvalue weighted by Gasteiger charge is -2.41. The number of hydrogen-bond acceptors (Lipinski definition) is 4. The van der Waals surface area contributed by atoms with Crippen molar-refractivity contribution in [3.8, 4) is 0 Å². The van der Waals surface area contributed by atoms with Crippen LogP contribution in [0.15, 0.2) is 23.1 Å². The zero-order chi connectivity index (χ0) is 17.3. The van der Waals surface area contributed by atoms with Gasteiger partial charge in [-0.3, -0.25) is 4.79 Å². The van der Waals surface area contributed by atoms with Gasteiger partial charge in [0.15, 0.2) is 0 Å². The average Bonchev–Trinajstić information content (AvgIpc) is 2.54. The van der Waals surface area contributed by atoms with Crippen LogP contribution in [-0.4, -0.2) is 40.0 Å². The van der Waals surface area contributed by atoms with Gasteiger partial charge in [0.2, 0.25) is 0 Å². The molecule has 2 aliphatic rings. The highest BCUT2D eigenvalue weighted by Gasteiger charge is 2.38. The first-order chi connectivity index (χ1) is 11.4. The Hall–Kier alpha value is -1.53. The highest BCUT2D eigenvalue weighted by Crippen LogP contribution is 2.43. The maximum Gasteiger partial charge on any atom is 0.336 e. The molecule has 0 spiro atoms. The fourth-order valence-corrected chi connectivity index (χ4v) is 5.39. The van der Waals surface area contributed by atoms with Crippen LogP contribution in [0.2, 0.25) is 0 Å². The molecule has 6 heteroatoms. The maximum absolute atomic E-state index is 11.4. The van der Waals surface area contributed by atoms with Crippen LogP contribution < -0.4 is 5.32 Å². The molecule has 1 aliphatic heterocycles. The summed E-state index contributed by atoms with van der Waals surface area (Å²) in [6, 6.07) is 5.01. The van der Waals surface area contributed by atoms with Crippen molar-refractivity contribution in [2.45, 2.75) is 48.8 Å². The number of hydrogen-bond donors (Lipinski definition) is 3. The van der Waals surface area contributed by atoms with Crippen molar-refractivity contribution < 1.29 is 19.8 Å². The molecule has 1 saturated carbocycles. The van der Waals surface area contributed by atoms with E-state index in [1.54, 1.807) is 17.8 Å². The molecule has 1 heterocycles. The fraction of sp³-hybridized carbons (Fsp3) is 0.556. The summed E-state index contributed by atoms with van der Waals surface area (Å²) in [7, 11) is 0. The molecule has 4 atom stereocenters. The van der Waals surface area contributed by atoms with Gasteiger partial charge in [-0.25, -0.2) is 4.79 Å². The third kappa shape index (κ3) is 3.75. The number of aryl methyl sites for hydroxylation is 1. The standard InChI is InChI=1S/C18H23NO4S/c1-10-2-5-14(17(20)21)16(6-10)24-13-4-3-11-9-19-15(18(22)23)8-12(11)7-13/h2,5-6,11-13,15,19H,3-4,7-9H2,1H3,(H,20,21)(H,22,23)/t11?,12?,13-,15-/m0/s1. The van der Waals surface area contributed by atoms with Gasteiger partial charge in [0.25, 0.3) is 0 Å². The number of thioether (sulfide) groups is 1. The summed E-state index contributed by atoms with van der Waals surface area (Å²) in [6.07, 6.45) is 3.78. The summed E-state index contributed by atoms with van der Waals surface area (Å²) < 4.78 is 0. The minimum Gasteiger partial charge on any atom is -0.480 e. The number of carboxylic acid groups (broad SMARTS) is 2. The van der Waals surface area contributed by atoms with E-state index in [9.17, 15) is 19.8 Å². The van der Waals surface area contributed by atoms with Crippen molar-refractivity contribution >= 4 is 23.7 Å². The summed E-state index contributed by atoms with van der Waals surface area (Å²) in [6.45, 7) is 2.75. The Bertz CT molecular complexity index is 648. The van der Waals surface area contributed by atoms with Crippen molar-refractivity contribution in [1.29, 1.82) is 0 Å². The molecule has 1 aliphatic carbocycles. The summed E-state index contributed by atoms with van der Waals surface area (Å²) in [5, 5.41) is 22.1. The molecule has 0 aromatic heterocycles. The molecule has 1 saturated heterocycles. The minimum absolute atomic E-state index is 0.360. The van der Waals surface area contributed by atoms with E-state index in [2.05, 4.69) is 5.32 Å². The largest absolute Gasteiger partial charge is 0.480 e. The normalized spacial score (nSPS) is 29.7. The van der Waals surface area contributed by atoms with E-state index in [1.807, 2.05) is 19.1 Å². The van der Waals surface area contributed by atoms with Gasteiger partial charge in [-0.2, -0.15) is 0 Å². The maximum atomic E-state index is 11.4. The highest BCUT2D eigenvalue weighted by atomic mass is 32.2. The fourth-order valence-electron chi connectivity index (χ4n) is 3.90. The SMILES string of the molecule is Cc1ccc(C(=O)O)c(S[C@H]2CCC3CN[C@H](C(=O)O)CC3C2)c1. The zero-order valence-corrected chi connectivity index (χ0v) is 14.5. The summed E-state index contributed by atoms with van der Waals surface area (Å²) in [5.41, 5.74) is 1.42. The number of nitrogens with one attached hydrogen (secondary N) is 1. The van der Waals surface area contributed by atoms with Crippen LogP contribution in [-0.2, 0) is 4.79 Å². The lowest BCUT2D eigenvalue weighted by molar-refractivity contribution is -0.141. The number of benzene rings is 1. The Morgan fingerprint density at radius 2 is 1.96 bits per heavy atom. The molecule has 3 N–H and O–H groups in total. The smallest absolute Gasteiger partial charge is 0.336 e. The van der Waals surface area contributed by atoms with E-state index in [4.69, 9.17) is 0 Å². The van der Waals surface area contributed by atoms with Crippen molar-refractivity contribution in [1.82, 2.24) is 5.32 Å². The zero-order valence-electron chi connectivity index (χ0n) is 13.7. The van der Waals surface area contributed by atoms with Gasteiger partial charge in [-0.05, 0) is 68.7 Å². The first kappa shape index (κ1) is 17.3. The number of carbonyl (C=O) groups is 2. The van der Waals surface area contributed by atoms with Crippen LogP contribution in [0.4, 0.5) is 0 Å². The Morgan fingerprint density at radius 3 is 2.67 bits per heavy atom. The van der Waals surface area contributed by atoms with Crippen molar-refractivity contribution in [3.05, 3.63) is 29.3 Å². The first-order valence-corrected chi connectivity index (χ1v) is 9.28. The van der Waals surface area contributed by atoms with E-state index in [0.29, 0.717) is 29.1 Å². The molecule has 0 radical (unpaired) electrons. The van der Waals surface area contributed by atoms with E-state index < -0.39 is 18.0 Å². The van der Waals surface area contributed by atoms with Crippen molar-refractivity contribution in [2.24, 2.45) is 11.8 Å². The Kier molecular flexibility index (Phi) is 5.15. The number of aliphatic carboxylic acids is 1. The van der Waals surface area contributed by atoms with Crippen LogP contribution in [0, 0.1) is 18.8 Å². The molecule has 130 valence electrons. The lowest BCUT2D eigenvalue weighted by atomic mass is 9.73. The molecular weight excluding hydrogens is 326 g/mol. The Labute approximate surface area is 145 Å². The second-order valence-corrected chi connectivity index (χ2v) is 8.25. The van der Waals surface area contributed by atoms with Crippen LogP contribution in [0.5, 0.6) is 0 Å². The second kappa shape index (κ2) is 7.15. The Morgan fingerprint density at radius 1 is 1.17 bits per heavy atom. The van der Waals surface area contributed by atoms with Gasteiger partial charge >= 0.3 is 11.9 Å². The minimum atomic E-state index is -0.890. The van der Waals surface area contributed by atoms with E-state index in [-0.39, 0.29) is 0 Å². The topological polar surface area (TPSA) is 86.6 Å². The number of aromatic carboxylic acids is 1. The third-order valence-electron chi connectivity index (χ3n) is 5.22. The van der Waals surface area contributed by atoms with E-state index in [0.717, 1.165) is 36.3 Å². The Balaban J connectivity index is 1.70. The van der Waals surface area contributed by atoms with Gasteiger partial charge in [0.1, 0.15) is 6.04 Å². The monoisotopic (exact) mass is 349 g/mol. The average molecular weight is 349 g/mol. The third-order valence-corrected chi connectivity index (χ3v) is 6.57.